The van der Waals surface area contributed by atoms with Gasteiger partial charge in [0.15, 0.2) is 0 Å². The number of ether oxygens (including phenoxy) is 1. The Balaban J connectivity index is 1.27. The minimum Gasteiger partial charge on any atom is -0.476 e. The Morgan fingerprint density at radius 3 is 3.04 bits per heavy atom. The molecule has 2 aliphatic rings. The molecule has 0 bridgehead atoms. The van der Waals surface area contributed by atoms with Gasteiger partial charge in [0.05, 0.1) is 19.3 Å². The largest absolute Gasteiger partial charge is 0.476 e. The van der Waals surface area contributed by atoms with E-state index in [-0.39, 0.29) is 5.91 Å². The van der Waals surface area contributed by atoms with Gasteiger partial charge in [0.2, 0.25) is 11.8 Å². The van der Waals surface area contributed by atoms with Gasteiger partial charge >= 0.3 is 0 Å². The smallest absolute Gasteiger partial charge is 0.241 e. The number of benzene rings is 1. The number of fused-ring (bicyclic) bond motifs is 1. The number of hydrogen-bond donors (Lipinski definition) is 0. The Morgan fingerprint density at radius 2 is 2.16 bits per heavy atom. The lowest BCUT2D eigenvalue weighted by Gasteiger charge is -2.22. The second-order valence-electron chi connectivity index (χ2n) is 6.67. The van der Waals surface area contributed by atoms with Gasteiger partial charge in [0.25, 0.3) is 0 Å². The van der Waals surface area contributed by atoms with E-state index >= 15 is 0 Å². The highest BCUT2D eigenvalue weighted by atomic mass is 16.5. The first-order valence-corrected chi connectivity index (χ1v) is 8.79. The van der Waals surface area contributed by atoms with Crippen molar-refractivity contribution >= 4 is 11.6 Å². The number of rotatable bonds is 5. The lowest BCUT2D eigenvalue weighted by Crippen LogP contribution is -2.39. The summed E-state index contributed by atoms with van der Waals surface area (Å²) in [5.74, 6) is 1.19. The zero-order valence-corrected chi connectivity index (χ0v) is 14.2. The summed E-state index contributed by atoms with van der Waals surface area (Å²) in [6.45, 7) is 3.73. The van der Waals surface area contributed by atoms with Crippen LogP contribution in [-0.4, -0.2) is 53.6 Å². The van der Waals surface area contributed by atoms with Crippen LogP contribution in [0.15, 0.2) is 42.9 Å². The highest BCUT2D eigenvalue weighted by Gasteiger charge is 2.29. The van der Waals surface area contributed by atoms with Crippen molar-refractivity contribution in [1.82, 2.24) is 14.9 Å². The number of nitrogens with zero attached hydrogens (tertiary/aromatic N) is 4. The predicted molar refractivity (Wildman–Crippen MR) is 94.6 cm³/mol. The first-order chi connectivity index (χ1) is 12.3. The fraction of sp³-hybridized carbons (Fsp3) is 0.421. The molecule has 2 aliphatic heterocycles. The summed E-state index contributed by atoms with van der Waals surface area (Å²) in [5, 5.41) is 0. The SMILES string of the molecule is O=C(CN1CCC(COc2cnccn2)C1)N1CCc2ccccc21. The third kappa shape index (κ3) is 3.64. The highest BCUT2D eigenvalue weighted by Crippen LogP contribution is 2.28. The lowest BCUT2D eigenvalue weighted by molar-refractivity contribution is -0.119. The van der Waals surface area contributed by atoms with Crippen LogP contribution in [0.3, 0.4) is 0 Å². The van der Waals surface area contributed by atoms with Gasteiger partial charge in [-0.05, 0) is 31.0 Å². The van der Waals surface area contributed by atoms with E-state index in [1.807, 2.05) is 23.1 Å². The van der Waals surface area contributed by atoms with Crippen LogP contribution in [0.5, 0.6) is 5.88 Å². The van der Waals surface area contributed by atoms with Crippen LogP contribution in [0, 0.1) is 5.92 Å². The average molecular weight is 338 g/mol. The van der Waals surface area contributed by atoms with E-state index in [1.165, 1.54) is 5.56 Å². The molecule has 6 heteroatoms. The third-order valence-corrected chi connectivity index (χ3v) is 4.92. The number of aromatic nitrogens is 2. The molecule has 1 amide bonds. The molecule has 0 radical (unpaired) electrons. The second kappa shape index (κ2) is 7.19. The van der Waals surface area contributed by atoms with E-state index in [9.17, 15) is 4.79 Å². The molecule has 6 nitrogen and oxygen atoms in total. The maximum absolute atomic E-state index is 12.7. The van der Waals surface area contributed by atoms with Crippen molar-refractivity contribution in [1.29, 1.82) is 0 Å². The summed E-state index contributed by atoms with van der Waals surface area (Å²) in [7, 11) is 0. The van der Waals surface area contributed by atoms with Crippen LogP contribution in [0.1, 0.15) is 12.0 Å². The molecule has 130 valence electrons. The number of likely N-dealkylation sites (tertiary alicyclic amines) is 1. The molecule has 0 aliphatic carbocycles. The monoisotopic (exact) mass is 338 g/mol. The molecule has 0 N–H and O–H groups in total. The molecule has 4 rings (SSSR count). The summed E-state index contributed by atoms with van der Waals surface area (Å²) in [6, 6.07) is 8.19. The van der Waals surface area contributed by atoms with Gasteiger partial charge in [0.1, 0.15) is 0 Å². The van der Waals surface area contributed by atoms with Crippen LogP contribution >= 0.6 is 0 Å². The van der Waals surface area contributed by atoms with E-state index in [0.717, 1.165) is 38.2 Å². The topological polar surface area (TPSA) is 58.6 Å². The third-order valence-electron chi connectivity index (χ3n) is 4.92. The zero-order chi connectivity index (χ0) is 17.1. The molecule has 1 aromatic carbocycles. The molecule has 1 atom stereocenters. The Labute approximate surface area is 147 Å². The van der Waals surface area contributed by atoms with E-state index in [1.54, 1.807) is 18.6 Å². The Hall–Kier alpha value is -2.47. The van der Waals surface area contributed by atoms with Crippen molar-refractivity contribution in [2.24, 2.45) is 5.92 Å². The molecular weight excluding hydrogens is 316 g/mol. The number of carbonyl (C=O) groups excluding carboxylic acids is 1. The normalized spacial score (nSPS) is 19.8. The average Bonchev–Trinajstić information content (AvgIpc) is 3.27. The summed E-state index contributed by atoms with van der Waals surface area (Å²) < 4.78 is 5.69. The summed E-state index contributed by atoms with van der Waals surface area (Å²) in [5.41, 5.74) is 2.35. The minimum atomic E-state index is 0.195. The fourth-order valence-corrected chi connectivity index (χ4v) is 3.63. The van der Waals surface area contributed by atoms with Crippen LogP contribution in [0.4, 0.5) is 5.69 Å². The molecule has 1 aromatic heterocycles. The highest BCUT2D eigenvalue weighted by molar-refractivity contribution is 5.96. The maximum atomic E-state index is 12.7. The molecular formula is C19H22N4O2. The summed E-state index contributed by atoms with van der Waals surface area (Å²) in [6.07, 6.45) is 6.89. The lowest BCUT2D eigenvalue weighted by atomic mass is 10.1. The minimum absolute atomic E-state index is 0.195. The number of hydrogen-bond acceptors (Lipinski definition) is 5. The van der Waals surface area contributed by atoms with Gasteiger partial charge in [-0.25, -0.2) is 4.98 Å². The molecule has 25 heavy (non-hydrogen) atoms. The molecule has 0 spiro atoms. The Bertz CT molecular complexity index is 737. The van der Waals surface area contributed by atoms with E-state index in [0.29, 0.717) is 24.9 Å². The van der Waals surface area contributed by atoms with Crippen LogP contribution in [0.25, 0.3) is 0 Å². The van der Waals surface area contributed by atoms with Crippen molar-refractivity contribution in [3.63, 3.8) is 0 Å². The van der Waals surface area contributed by atoms with Gasteiger partial charge in [-0.3, -0.25) is 14.7 Å². The van der Waals surface area contributed by atoms with E-state index in [4.69, 9.17) is 4.74 Å². The maximum Gasteiger partial charge on any atom is 0.241 e. The van der Waals surface area contributed by atoms with Crippen LogP contribution < -0.4 is 9.64 Å². The van der Waals surface area contributed by atoms with Crippen molar-refractivity contribution in [3.8, 4) is 5.88 Å². The number of para-hydroxylation sites is 1. The van der Waals surface area contributed by atoms with Crippen molar-refractivity contribution in [2.45, 2.75) is 12.8 Å². The van der Waals surface area contributed by atoms with Crippen molar-refractivity contribution in [2.75, 3.05) is 37.7 Å². The standard InChI is InChI=1S/C19H22N4O2/c24-19(23-10-6-16-3-1-2-4-17(16)23)13-22-9-5-15(12-22)14-25-18-11-20-7-8-21-18/h1-4,7-8,11,15H,5-6,9-10,12-14H2. The fourth-order valence-electron chi connectivity index (χ4n) is 3.63. The van der Waals surface area contributed by atoms with Crippen LogP contribution in [-0.2, 0) is 11.2 Å². The van der Waals surface area contributed by atoms with E-state index in [2.05, 4.69) is 20.9 Å². The molecule has 2 aromatic rings. The van der Waals surface area contributed by atoms with Gasteiger partial charge < -0.3 is 9.64 Å². The number of anilines is 1. The second-order valence-corrected chi connectivity index (χ2v) is 6.67. The summed E-state index contributed by atoms with van der Waals surface area (Å²) in [4.78, 5) is 25.0. The van der Waals surface area contributed by atoms with Gasteiger partial charge in [-0.2, -0.15) is 0 Å². The molecule has 1 unspecified atom stereocenters. The number of amides is 1. The molecule has 3 heterocycles. The first-order valence-electron chi connectivity index (χ1n) is 8.79. The Morgan fingerprint density at radius 1 is 1.24 bits per heavy atom. The van der Waals surface area contributed by atoms with Crippen molar-refractivity contribution in [3.05, 3.63) is 48.4 Å². The van der Waals surface area contributed by atoms with Crippen molar-refractivity contribution < 1.29 is 9.53 Å². The molecule has 0 saturated carbocycles. The molecule has 1 fully saturated rings. The van der Waals surface area contributed by atoms with E-state index < -0.39 is 0 Å². The van der Waals surface area contributed by atoms with Crippen LogP contribution in [0.2, 0.25) is 0 Å². The Kier molecular flexibility index (Phi) is 4.61. The number of carbonyl (C=O) groups is 1. The molecule has 1 saturated heterocycles. The zero-order valence-electron chi connectivity index (χ0n) is 14.2. The van der Waals surface area contributed by atoms with Gasteiger partial charge in [-0.1, -0.05) is 18.2 Å². The first kappa shape index (κ1) is 16.0. The summed E-state index contributed by atoms with van der Waals surface area (Å²) >= 11 is 0. The predicted octanol–water partition coefficient (Wildman–Crippen LogP) is 1.77. The van der Waals surface area contributed by atoms with Gasteiger partial charge in [-0.15, -0.1) is 0 Å². The van der Waals surface area contributed by atoms with Gasteiger partial charge in [0, 0.05) is 37.1 Å². The quantitative estimate of drug-likeness (QED) is 0.831.